The van der Waals surface area contributed by atoms with E-state index < -0.39 is 30.1 Å². The normalized spacial score (nSPS) is 23.7. The van der Waals surface area contributed by atoms with Gasteiger partial charge in [0.1, 0.15) is 6.04 Å². The number of carbonyl (C=O) groups is 3. The van der Waals surface area contributed by atoms with E-state index in [1.807, 2.05) is 0 Å². The first kappa shape index (κ1) is 17.2. The number of carboxylic acid groups (broad SMARTS) is 1. The SMILES string of the molecule is NC(=O)CC[C@H](NC(=O)NC1CCCCCC1O)C(=O)O. The molecule has 0 aliphatic heterocycles. The van der Waals surface area contributed by atoms with E-state index in [4.69, 9.17) is 10.8 Å². The summed E-state index contributed by atoms with van der Waals surface area (Å²) >= 11 is 0. The first-order valence-electron chi connectivity index (χ1n) is 7.16. The molecule has 1 rings (SSSR count). The molecule has 0 saturated heterocycles. The van der Waals surface area contributed by atoms with Crippen LogP contribution < -0.4 is 16.4 Å². The van der Waals surface area contributed by atoms with Gasteiger partial charge in [0.15, 0.2) is 0 Å². The number of primary amides is 1. The predicted octanol–water partition coefficient (Wildman–Crippen LogP) is -0.302. The number of rotatable bonds is 6. The average Bonchev–Trinajstić information content (AvgIpc) is 2.59. The molecule has 3 amide bonds. The van der Waals surface area contributed by atoms with E-state index in [1.54, 1.807) is 0 Å². The average molecular weight is 301 g/mol. The number of nitrogens with two attached hydrogens (primary N) is 1. The highest BCUT2D eigenvalue weighted by Crippen LogP contribution is 2.17. The van der Waals surface area contributed by atoms with Crippen molar-refractivity contribution in [2.75, 3.05) is 0 Å². The zero-order valence-electron chi connectivity index (χ0n) is 11.9. The molecule has 2 unspecified atom stereocenters. The van der Waals surface area contributed by atoms with Crippen LogP contribution in [-0.2, 0) is 9.59 Å². The van der Waals surface area contributed by atoms with Gasteiger partial charge < -0.3 is 26.6 Å². The quantitative estimate of drug-likeness (QED) is 0.428. The summed E-state index contributed by atoms with van der Waals surface area (Å²) in [4.78, 5) is 33.5. The van der Waals surface area contributed by atoms with E-state index in [-0.39, 0.29) is 18.9 Å². The molecule has 0 aromatic rings. The zero-order chi connectivity index (χ0) is 15.8. The summed E-state index contributed by atoms with van der Waals surface area (Å²) in [5.41, 5.74) is 4.96. The lowest BCUT2D eigenvalue weighted by Gasteiger charge is -2.23. The number of aliphatic hydroxyl groups is 1. The van der Waals surface area contributed by atoms with Crippen LogP contribution in [0.4, 0.5) is 4.79 Å². The van der Waals surface area contributed by atoms with Crippen LogP contribution in [0.2, 0.25) is 0 Å². The van der Waals surface area contributed by atoms with Crippen LogP contribution in [-0.4, -0.2) is 46.3 Å². The molecule has 0 aromatic heterocycles. The van der Waals surface area contributed by atoms with Crippen molar-refractivity contribution < 1.29 is 24.6 Å². The van der Waals surface area contributed by atoms with Crippen molar-refractivity contribution in [3.05, 3.63) is 0 Å². The first-order valence-corrected chi connectivity index (χ1v) is 7.16. The van der Waals surface area contributed by atoms with Crippen molar-refractivity contribution in [3.8, 4) is 0 Å². The zero-order valence-corrected chi connectivity index (χ0v) is 11.9. The molecule has 8 heteroatoms. The standard InChI is InChI=1S/C13H23N3O5/c14-11(18)7-6-9(12(19)20)16-13(21)15-8-4-2-1-3-5-10(8)17/h8-10,17H,1-7H2,(H2,14,18)(H,19,20)(H2,15,16,21)/t8?,9-,10?/m0/s1. The van der Waals surface area contributed by atoms with Gasteiger partial charge >= 0.3 is 12.0 Å². The fraction of sp³-hybridized carbons (Fsp3) is 0.769. The Bertz CT molecular complexity index is 388. The van der Waals surface area contributed by atoms with E-state index in [2.05, 4.69) is 10.6 Å². The molecular formula is C13H23N3O5. The Balaban J connectivity index is 2.48. The van der Waals surface area contributed by atoms with Crippen molar-refractivity contribution in [2.45, 2.75) is 63.1 Å². The summed E-state index contributed by atoms with van der Waals surface area (Å²) in [7, 11) is 0. The van der Waals surface area contributed by atoms with Crippen molar-refractivity contribution in [2.24, 2.45) is 5.73 Å². The van der Waals surface area contributed by atoms with Crippen molar-refractivity contribution in [3.63, 3.8) is 0 Å². The number of carboxylic acids is 1. The largest absolute Gasteiger partial charge is 0.480 e. The van der Waals surface area contributed by atoms with Gasteiger partial charge in [0.2, 0.25) is 5.91 Å². The van der Waals surface area contributed by atoms with Gasteiger partial charge in [0.25, 0.3) is 0 Å². The van der Waals surface area contributed by atoms with Crippen LogP contribution in [0.15, 0.2) is 0 Å². The number of amides is 3. The Labute approximate surface area is 123 Å². The monoisotopic (exact) mass is 301 g/mol. The Hall–Kier alpha value is -1.83. The lowest BCUT2D eigenvalue weighted by molar-refractivity contribution is -0.139. The van der Waals surface area contributed by atoms with Crippen LogP contribution in [0.5, 0.6) is 0 Å². The third kappa shape index (κ3) is 6.44. The number of nitrogens with one attached hydrogen (secondary N) is 2. The molecule has 1 fully saturated rings. The molecule has 0 spiro atoms. The van der Waals surface area contributed by atoms with Gasteiger partial charge in [0.05, 0.1) is 12.1 Å². The number of urea groups is 1. The van der Waals surface area contributed by atoms with Gasteiger partial charge in [-0.25, -0.2) is 9.59 Å². The summed E-state index contributed by atoms with van der Waals surface area (Å²) in [6.45, 7) is 0. The Morgan fingerprint density at radius 2 is 1.86 bits per heavy atom. The van der Waals surface area contributed by atoms with Crippen molar-refractivity contribution in [1.29, 1.82) is 0 Å². The van der Waals surface area contributed by atoms with Crippen LogP contribution in [0.3, 0.4) is 0 Å². The minimum absolute atomic E-state index is 0.0642. The van der Waals surface area contributed by atoms with E-state index in [0.717, 1.165) is 19.3 Å². The smallest absolute Gasteiger partial charge is 0.326 e. The van der Waals surface area contributed by atoms with Gasteiger partial charge in [-0.1, -0.05) is 19.3 Å². The van der Waals surface area contributed by atoms with Crippen LogP contribution >= 0.6 is 0 Å². The summed E-state index contributed by atoms with van der Waals surface area (Å²) in [5.74, 6) is -1.85. The Kier molecular flexibility index (Phi) is 6.93. The maximum Gasteiger partial charge on any atom is 0.326 e. The molecule has 0 aromatic carbocycles. The van der Waals surface area contributed by atoms with E-state index in [0.29, 0.717) is 12.8 Å². The van der Waals surface area contributed by atoms with Gasteiger partial charge in [-0.3, -0.25) is 4.79 Å². The van der Waals surface area contributed by atoms with Crippen LogP contribution in [0, 0.1) is 0 Å². The summed E-state index contributed by atoms with van der Waals surface area (Å²) in [6, 6.07) is -2.21. The molecule has 0 heterocycles. The number of hydrogen-bond donors (Lipinski definition) is 5. The Morgan fingerprint density at radius 1 is 1.19 bits per heavy atom. The molecule has 8 nitrogen and oxygen atoms in total. The summed E-state index contributed by atoms with van der Waals surface area (Å²) in [5, 5.41) is 23.8. The first-order chi connectivity index (χ1) is 9.90. The summed E-state index contributed by atoms with van der Waals surface area (Å²) < 4.78 is 0. The highest BCUT2D eigenvalue weighted by molar-refractivity contribution is 5.83. The lowest BCUT2D eigenvalue weighted by atomic mass is 10.1. The summed E-state index contributed by atoms with van der Waals surface area (Å²) in [6.07, 6.45) is 3.31. The van der Waals surface area contributed by atoms with E-state index >= 15 is 0 Å². The molecule has 6 N–H and O–H groups in total. The molecule has 21 heavy (non-hydrogen) atoms. The second kappa shape index (κ2) is 8.46. The highest BCUT2D eigenvalue weighted by Gasteiger charge is 2.25. The van der Waals surface area contributed by atoms with Crippen LogP contribution in [0.25, 0.3) is 0 Å². The van der Waals surface area contributed by atoms with Gasteiger partial charge in [-0.2, -0.15) is 0 Å². The maximum atomic E-state index is 11.8. The van der Waals surface area contributed by atoms with Gasteiger partial charge in [-0.15, -0.1) is 0 Å². The van der Waals surface area contributed by atoms with Crippen molar-refractivity contribution >= 4 is 17.9 Å². The number of hydrogen-bond acceptors (Lipinski definition) is 4. The minimum atomic E-state index is -1.23. The van der Waals surface area contributed by atoms with Crippen LogP contribution in [0.1, 0.15) is 44.9 Å². The number of aliphatic carboxylic acids is 1. The second-order valence-electron chi connectivity index (χ2n) is 5.33. The fourth-order valence-electron chi connectivity index (χ4n) is 2.37. The molecule has 0 radical (unpaired) electrons. The topological polar surface area (TPSA) is 142 Å². The maximum absolute atomic E-state index is 11.8. The number of carbonyl (C=O) groups excluding carboxylic acids is 2. The second-order valence-corrected chi connectivity index (χ2v) is 5.33. The highest BCUT2D eigenvalue weighted by atomic mass is 16.4. The fourth-order valence-corrected chi connectivity index (χ4v) is 2.37. The molecule has 1 aliphatic carbocycles. The molecule has 1 saturated carbocycles. The van der Waals surface area contributed by atoms with E-state index in [1.165, 1.54) is 0 Å². The molecule has 0 bridgehead atoms. The molecule has 120 valence electrons. The van der Waals surface area contributed by atoms with Gasteiger partial charge in [-0.05, 0) is 19.3 Å². The number of aliphatic hydroxyl groups excluding tert-OH is 1. The molecule has 1 aliphatic rings. The third-order valence-corrected chi connectivity index (χ3v) is 3.58. The predicted molar refractivity (Wildman–Crippen MR) is 74.4 cm³/mol. The lowest BCUT2D eigenvalue weighted by Crippen LogP contribution is -2.51. The molecule has 3 atom stereocenters. The minimum Gasteiger partial charge on any atom is -0.480 e. The molecular weight excluding hydrogens is 278 g/mol. The van der Waals surface area contributed by atoms with E-state index in [9.17, 15) is 19.5 Å². The Morgan fingerprint density at radius 3 is 2.48 bits per heavy atom. The third-order valence-electron chi connectivity index (χ3n) is 3.58. The van der Waals surface area contributed by atoms with Gasteiger partial charge in [0, 0.05) is 6.42 Å². The van der Waals surface area contributed by atoms with Crippen molar-refractivity contribution in [1.82, 2.24) is 10.6 Å².